The van der Waals surface area contributed by atoms with Gasteiger partial charge in [-0.2, -0.15) is 14.0 Å². The van der Waals surface area contributed by atoms with Gasteiger partial charge in [-0.05, 0) is 43.9 Å². The van der Waals surface area contributed by atoms with Crippen LogP contribution >= 0.6 is 0 Å². The number of hydrogen-bond donors (Lipinski definition) is 3. The Balaban J connectivity index is 0.000000846. The first-order valence-electron chi connectivity index (χ1n) is 18.5. The summed E-state index contributed by atoms with van der Waals surface area (Å²) >= 11 is 0. The van der Waals surface area contributed by atoms with Crippen LogP contribution in [-0.4, -0.2) is 127 Å². The van der Waals surface area contributed by atoms with E-state index in [4.69, 9.17) is 42.3 Å². The molecule has 3 N–H and O–H groups in total. The zero-order valence-electron chi connectivity index (χ0n) is 31.3. The van der Waals surface area contributed by atoms with Gasteiger partial charge in [0.2, 0.25) is 11.8 Å². The number of ether oxygens (including phenoxy) is 5. The highest BCUT2D eigenvalue weighted by Crippen LogP contribution is 2.80. The molecule has 8 rings (SSSR count). The number of fused-ring (bicyclic) bond motifs is 2. The van der Waals surface area contributed by atoms with Crippen molar-refractivity contribution in [3.63, 3.8) is 0 Å². The van der Waals surface area contributed by atoms with Gasteiger partial charge in [-0.15, -0.1) is 0 Å². The number of rotatable bonds is 9. The lowest BCUT2D eigenvalue weighted by Gasteiger charge is -2.70. The molecule has 0 aromatic heterocycles. The Morgan fingerprint density at radius 2 is 1.72 bits per heavy atom. The molecule has 5 saturated carbocycles. The lowest BCUT2D eigenvalue weighted by atomic mass is 9.42. The van der Waals surface area contributed by atoms with Crippen molar-refractivity contribution in [1.29, 1.82) is 0 Å². The minimum atomic E-state index is -4.69. The van der Waals surface area contributed by atoms with Crippen molar-refractivity contribution in [2.45, 2.75) is 87.6 Å². The number of anilines is 1. The molecule has 2 amide bonds. The average Bonchev–Trinajstić information content (AvgIpc) is 3.65. The number of carbonyl (C=O) groups excluding carboxylic acids is 3. The molecule has 2 aliphatic heterocycles. The Hall–Kier alpha value is -2.32. The smallest absolute Gasteiger partial charge is 0.340 e. The monoisotopic (exact) mass is 782 g/mol. The van der Waals surface area contributed by atoms with E-state index >= 15 is 0 Å². The van der Waals surface area contributed by atoms with Crippen LogP contribution in [0.2, 0.25) is 0 Å². The van der Waals surface area contributed by atoms with Crippen molar-refractivity contribution in [2.75, 3.05) is 53.0 Å². The number of hydrogen-bond acceptors (Lipinski definition) is 15. The van der Waals surface area contributed by atoms with Crippen LogP contribution in [0.3, 0.4) is 0 Å². The second-order valence-corrected chi connectivity index (χ2v) is 17.1. The van der Waals surface area contributed by atoms with Crippen molar-refractivity contribution in [3.05, 3.63) is 29.8 Å². The molecule has 1 spiro atoms. The van der Waals surface area contributed by atoms with Crippen molar-refractivity contribution < 1.29 is 77.2 Å². The van der Waals surface area contributed by atoms with Crippen molar-refractivity contribution in [1.82, 2.24) is 4.90 Å². The zero-order valence-corrected chi connectivity index (χ0v) is 32.1. The molecule has 7 fully saturated rings. The molecule has 17 heteroatoms. The Labute approximate surface area is 316 Å². The fourth-order valence-electron chi connectivity index (χ4n) is 13.2. The van der Waals surface area contributed by atoms with Gasteiger partial charge in [0.1, 0.15) is 11.2 Å². The number of benzene rings is 1. The maximum absolute atomic E-state index is 14.1. The number of amides is 2. The van der Waals surface area contributed by atoms with Gasteiger partial charge in [0.25, 0.3) is 0 Å². The van der Waals surface area contributed by atoms with E-state index in [1.54, 1.807) is 59.6 Å². The molecular weight excluding hydrogens is 732 g/mol. The second-order valence-electron chi connectivity index (χ2n) is 16.3. The number of esters is 1. The van der Waals surface area contributed by atoms with E-state index in [9.17, 15) is 24.6 Å². The van der Waals surface area contributed by atoms with E-state index in [1.807, 2.05) is 0 Å². The summed E-state index contributed by atoms with van der Waals surface area (Å²) < 4.78 is 64.1. The summed E-state index contributed by atoms with van der Waals surface area (Å²) in [5.41, 5.74) is -4.17. The number of para-hydroxylation sites is 1. The molecule has 300 valence electrons. The third-order valence-corrected chi connectivity index (χ3v) is 14.5. The number of aliphatic hydroxyl groups is 2. The molecule has 7 aliphatic rings. The Morgan fingerprint density at radius 1 is 1.04 bits per heavy atom. The van der Waals surface area contributed by atoms with E-state index in [-0.39, 0.29) is 84.5 Å². The van der Waals surface area contributed by atoms with Crippen LogP contribution in [0.5, 0.6) is 0 Å². The molecule has 1 unspecified atom stereocenters. The summed E-state index contributed by atoms with van der Waals surface area (Å²) in [5.74, 6) is -2.47. The fraction of sp³-hybridized carbons (Fsp3) is 0.757. The standard InChI is InChI=1S/C37H50N2O10.ClHO4/c1-7-38-17-34(18-49-32(42)20-10-8-9-11-23(20)39-26(40)14-19(2)31(39)41)13-12-25(46-4)36-22-15-21-24(45-3)16-35(43,27(22)28(21)47-5)37(44,33(36)38)30(48-6)29(34)36;2-1(3,4)5/h8-11,19,21-22,24-25,27-30,33,43-44H,7,12-18H2,1-6H3;(H,2,3,4,5)/t19-,21+,22+,24-,25-,27+,28-,29+,30-,33?,34-,35+,36-,37-;/m0./s1. The normalized spacial score (nSPS) is 44.6. The molecule has 16 nitrogen and oxygen atoms in total. The van der Waals surface area contributed by atoms with Crippen LogP contribution in [0.1, 0.15) is 56.3 Å². The number of likely N-dealkylation sites (tertiary alicyclic amines) is 1. The Morgan fingerprint density at radius 3 is 2.30 bits per heavy atom. The molecule has 14 atom stereocenters. The van der Waals surface area contributed by atoms with Gasteiger partial charge in [-0.3, -0.25) is 14.5 Å². The lowest BCUT2D eigenvalue weighted by Crippen LogP contribution is -2.82. The summed E-state index contributed by atoms with van der Waals surface area (Å²) in [4.78, 5) is 43.3. The Bertz CT molecular complexity index is 1660. The third kappa shape index (κ3) is 5.25. The summed E-state index contributed by atoms with van der Waals surface area (Å²) in [6.45, 7) is 4.95. The molecule has 5 aliphatic carbocycles. The summed E-state index contributed by atoms with van der Waals surface area (Å²) in [7, 11) is 2.01. The number of methoxy groups -OCH3 is 4. The van der Waals surface area contributed by atoms with Crippen molar-refractivity contribution in [3.8, 4) is 0 Å². The van der Waals surface area contributed by atoms with Crippen molar-refractivity contribution in [2.24, 2.45) is 40.4 Å². The summed E-state index contributed by atoms with van der Waals surface area (Å²) in [6.07, 6.45) is 0.813. The minimum Gasteiger partial charge on any atom is -0.461 e. The number of likely N-dealkylation sites (N-methyl/N-ethyl adjacent to an activating group) is 1. The van der Waals surface area contributed by atoms with Crippen LogP contribution in [0.15, 0.2) is 24.3 Å². The topological polar surface area (TPSA) is 234 Å². The van der Waals surface area contributed by atoms with Gasteiger partial charge in [0.15, 0.2) is 0 Å². The first-order chi connectivity index (χ1) is 25.4. The van der Waals surface area contributed by atoms with Crippen LogP contribution in [-0.2, 0) is 33.3 Å². The molecule has 2 saturated heterocycles. The predicted molar refractivity (Wildman–Crippen MR) is 177 cm³/mol. The van der Waals surface area contributed by atoms with Crippen LogP contribution in [0, 0.1) is 50.7 Å². The largest absolute Gasteiger partial charge is 0.461 e. The molecule has 2 heterocycles. The predicted octanol–water partition coefficient (Wildman–Crippen LogP) is -2.09. The van der Waals surface area contributed by atoms with Crippen LogP contribution in [0.25, 0.3) is 0 Å². The molecule has 7 bridgehead atoms. The lowest BCUT2D eigenvalue weighted by molar-refractivity contribution is -1.92. The van der Waals surface area contributed by atoms with Gasteiger partial charge in [-0.25, -0.2) is 9.69 Å². The van der Waals surface area contributed by atoms with E-state index in [2.05, 4.69) is 11.8 Å². The molecule has 1 aromatic rings. The van der Waals surface area contributed by atoms with Crippen LogP contribution in [0.4, 0.5) is 5.69 Å². The summed E-state index contributed by atoms with van der Waals surface area (Å²) in [6, 6.07) is 6.12. The fourth-order valence-corrected chi connectivity index (χ4v) is 13.2. The highest BCUT2D eigenvalue weighted by molar-refractivity contribution is 6.22. The Kier molecular flexibility index (Phi) is 10.1. The van der Waals surface area contributed by atoms with Gasteiger partial charge < -0.3 is 33.9 Å². The molecule has 1 aromatic carbocycles. The molecular formula is C37H51ClN2O14. The van der Waals surface area contributed by atoms with Crippen molar-refractivity contribution >= 4 is 23.5 Å². The number of carbonyl (C=O) groups is 3. The SMILES string of the molecule is CCN1C[C@]2(COC(=O)c3ccccc3N3C(=O)C[C@H](C)C3=O)CC[C@H](OC)[C@]34C1[C@@](O)([C@@H](OC)[C@H]23)[C@@]1(O)C[C@H](OC)[C@H]2C[C@@H]4[C@@H]1[C@H]2OC.[O-][Cl+3]([O-])([O-])O. The first-order valence-corrected chi connectivity index (χ1v) is 19.8. The first kappa shape index (κ1) is 39.9. The summed E-state index contributed by atoms with van der Waals surface area (Å²) in [5, 5.41) is 26.6. The number of nitrogens with zero attached hydrogens (tertiary/aromatic N) is 2. The van der Waals surface area contributed by atoms with Gasteiger partial charge >= 0.3 is 5.97 Å². The van der Waals surface area contributed by atoms with Gasteiger partial charge in [-0.1, -0.05) is 26.0 Å². The maximum atomic E-state index is 14.1. The maximum Gasteiger partial charge on any atom is 0.340 e. The minimum absolute atomic E-state index is 0.0358. The zero-order chi connectivity index (χ0) is 39.3. The quantitative estimate of drug-likeness (QED) is 0.180. The molecule has 0 radical (unpaired) electrons. The van der Waals surface area contributed by atoms with E-state index in [1.165, 1.54) is 0 Å². The number of piperidine rings is 1. The second kappa shape index (κ2) is 13.7. The third-order valence-electron chi connectivity index (χ3n) is 14.5. The number of imide groups is 1. The van der Waals surface area contributed by atoms with Gasteiger partial charge in [0, 0.05) is 82.3 Å². The molecule has 54 heavy (non-hydrogen) atoms. The highest BCUT2D eigenvalue weighted by Gasteiger charge is 2.91. The van der Waals surface area contributed by atoms with E-state index in [0.29, 0.717) is 25.9 Å². The highest BCUT2D eigenvalue weighted by atomic mass is 35.7. The van der Waals surface area contributed by atoms with Gasteiger partial charge in [0.05, 0.1) is 63.2 Å². The van der Waals surface area contributed by atoms with E-state index < -0.39 is 56.3 Å². The number of halogens is 1. The average molecular weight is 783 g/mol. The van der Waals surface area contributed by atoms with Crippen LogP contribution < -0.4 is 18.9 Å². The van der Waals surface area contributed by atoms with E-state index in [0.717, 1.165) is 11.3 Å².